The third kappa shape index (κ3) is 9.01. The van der Waals surface area contributed by atoms with Gasteiger partial charge in [0, 0.05) is 33.2 Å². The van der Waals surface area contributed by atoms with Crippen LogP contribution < -0.4 is 16.0 Å². The molecule has 0 fully saturated rings. The molecule has 5 aromatic carbocycles. The molecule has 1 atom stereocenters. The van der Waals surface area contributed by atoms with Gasteiger partial charge in [-0.3, -0.25) is 24.5 Å². The lowest BCUT2D eigenvalue weighted by Crippen LogP contribution is -2.30. The van der Waals surface area contributed by atoms with Crippen molar-refractivity contribution in [2.24, 2.45) is 0 Å². The molecule has 0 radical (unpaired) electrons. The number of thioether (sulfide) groups is 1. The summed E-state index contributed by atoms with van der Waals surface area (Å²) in [5, 5.41) is 21.8. The van der Waals surface area contributed by atoms with Crippen molar-refractivity contribution in [1.82, 2.24) is 10.3 Å². The average Bonchev–Trinajstić information content (AvgIpc) is 3.63. The molecule has 51 heavy (non-hydrogen) atoms. The topological polar surface area (TPSA) is 143 Å². The molecular weight excluding hydrogens is 683 g/mol. The molecular formula is C39H29N5O5S2. The lowest BCUT2D eigenvalue weighted by Gasteiger charge is -2.17. The number of nitrogens with zero attached hydrogens (tertiary/aromatic N) is 2. The van der Waals surface area contributed by atoms with E-state index in [1.807, 2.05) is 66.0 Å². The van der Waals surface area contributed by atoms with Crippen LogP contribution in [0, 0.1) is 10.1 Å². The normalized spacial score (nSPS) is 11.6. The van der Waals surface area contributed by atoms with Gasteiger partial charge >= 0.3 is 0 Å². The largest absolute Gasteiger partial charge is 0.321 e. The Labute approximate surface area is 301 Å². The van der Waals surface area contributed by atoms with E-state index in [0.717, 1.165) is 21.7 Å². The molecule has 0 saturated heterocycles. The Balaban J connectivity index is 1.19. The minimum atomic E-state index is -0.683. The highest BCUT2D eigenvalue weighted by atomic mass is 32.2. The van der Waals surface area contributed by atoms with Crippen LogP contribution in [0.15, 0.2) is 155 Å². The summed E-state index contributed by atoms with van der Waals surface area (Å²) < 4.78 is 0. The number of rotatable bonds is 12. The molecule has 0 bridgehead atoms. The summed E-state index contributed by atoms with van der Waals surface area (Å²) in [5.41, 5.74) is 2.99. The highest BCUT2D eigenvalue weighted by Crippen LogP contribution is 2.37. The minimum Gasteiger partial charge on any atom is -0.321 e. The Morgan fingerprint density at radius 3 is 2.08 bits per heavy atom. The smallest absolute Gasteiger partial charge is 0.276 e. The van der Waals surface area contributed by atoms with E-state index in [4.69, 9.17) is 0 Å². The lowest BCUT2D eigenvalue weighted by molar-refractivity contribution is -0.385. The zero-order chi connectivity index (χ0) is 35.6. The van der Waals surface area contributed by atoms with Gasteiger partial charge in [-0.2, -0.15) is 0 Å². The number of nitro benzene ring substituents is 1. The molecule has 3 amide bonds. The molecule has 6 aromatic rings. The molecule has 252 valence electrons. The molecule has 0 aliphatic heterocycles. The maximum absolute atomic E-state index is 13.7. The van der Waals surface area contributed by atoms with Crippen LogP contribution in [-0.4, -0.2) is 27.6 Å². The summed E-state index contributed by atoms with van der Waals surface area (Å²) in [4.78, 5) is 56.7. The zero-order valence-electron chi connectivity index (χ0n) is 26.8. The van der Waals surface area contributed by atoms with Crippen molar-refractivity contribution in [2.75, 3.05) is 10.6 Å². The van der Waals surface area contributed by atoms with Crippen molar-refractivity contribution in [2.45, 2.75) is 10.1 Å². The van der Waals surface area contributed by atoms with E-state index in [0.29, 0.717) is 16.4 Å². The van der Waals surface area contributed by atoms with Crippen LogP contribution in [-0.2, 0) is 9.59 Å². The fourth-order valence-corrected chi connectivity index (χ4v) is 6.72. The second-order valence-electron chi connectivity index (χ2n) is 11.0. The third-order valence-electron chi connectivity index (χ3n) is 7.47. The first-order valence-corrected chi connectivity index (χ1v) is 17.4. The monoisotopic (exact) mass is 711 g/mol. The predicted molar refractivity (Wildman–Crippen MR) is 201 cm³/mol. The number of carbonyl (C=O) groups excluding carboxylic acids is 3. The Hall–Kier alpha value is -6.37. The van der Waals surface area contributed by atoms with Crippen LogP contribution in [0.1, 0.15) is 26.7 Å². The van der Waals surface area contributed by atoms with Crippen molar-refractivity contribution in [3.8, 4) is 11.3 Å². The fourth-order valence-electron chi connectivity index (χ4n) is 4.97. The van der Waals surface area contributed by atoms with Gasteiger partial charge in [0.1, 0.15) is 10.9 Å². The van der Waals surface area contributed by atoms with E-state index in [1.165, 1.54) is 47.4 Å². The summed E-state index contributed by atoms with van der Waals surface area (Å²) in [7, 11) is 0. The van der Waals surface area contributed by atoms with Gasteiger partial charge in [0.05, 0.1) is 16.2 Å². The summed E-state index contributed by atoms with van der Waals surface area (Å²) in [5.74, 6) is -1.48. The minimum absolute atomic E-state index is 0.145. The maximum atomic E-state index is 13.7. The standard InChI is InChI=1S/C39H29N5O5S2/c45-36(28-16-8-3-9-17-28)41-32(24-29-18-10-11-19-34(29)44(48)49)37(46)40-30-20-22-31(23-21-30)51-35(27-14-6-2-7-15-27)38(47)43-39-42-33(25-50-39)26-12-4-1-5-13-26/h1-25,35H,(H,40,46)(H,41,45)(H,42,43,47)/b32-24-. The summed E-state index contributed by atoms with van der Waals surface area (Å²) in [6.45, 7) is 0. The number of amides is 3. The predicted octanol–water partition coefficient (Wildman–Crippen LogP) is 8.60. The van der Waals surface area contributed by atoms with Gasteiger partial charge in [0.25, 0.3) is 17.5 Å². The zero-order valence-corrected chi connectivity index (χ0v) is 28.4. The van der Waals surface area contributed by atoms with Gasteiger partial charge in [-0.05, 0) is 54.1 Å². The third-order valence-corrected chi connectivity index (χ3v) is 9.50. The number of anilines is 2. The molecule has 0 aliphatic carbocycles. The van der Waals surface area contributed by atoms with Crippen LogP contribution in [0.2, 0.25) is 0 Å². The number of carbonyl (C=O) groups is 3. The number of benzene rings is 5. The van der Waals surface area contributed by atoms with Crippen molar-refractivity contribution in [3.63, 3.8) is 0 Å². The van der Waals surface area contributed by atoms with E-state index >= 15 is 0 Å². The lowest BCUT2D eigenvalue weighted by atomic mass is 10.1. The van der Waals surface area contributed by atoms with Crippen molar-refractivity contribution < 1.29 is 19.3 Å². The van der Waals surface area contributed by atoms with Crippen molar-refractivity contribution in [3.05, 3.63) is 177 Å². The van der Waals surface area contributed by atoms with Gasteiger partial charge < -0.3 is 16.0 Å². The Morgan fingerprint density at radius 2 is 1.39 bits per heavy atom. The summed E-state index contributed by atoms with van der Waals surface area (Å²) in [6.07, 6.45) is 1.27. The molecule has 10 nitrogen and oxygen atoms in total. The number of hydrogen-bond acceptors (Lipinski definition) is 8. The van der Waals surface area contributed by atoms with E-state index in [-0.39, 0.29) is 22.9 Å². The van der Waals surface area contributed by atoms with Gasteiger partial charge in [0.15, 0.2) is 5.13 Å². The molecule has 6 rings (SSSR count). The van der Waals surface area contributed by atoms with Gasteiger partial charge in [0.2, 0.25) is 5.91 Å². The van der Waals surface area contributed by atoms with Crippen LogP contribution >= 0.6 is 23.1 Å². The Morgan fingerprint density at radius 1 is 0.765 bits per heavy atom. The first-order valence-electron chi connectivity index (χ1n) is 15.6. The fraction of sp³-hybridized carbons (Fsp3) is 0.0256. The average molecular weight is 712 g/mol. The highest BCUT2D eigenvalue weighted by Gasteiger charge is 2.24. The quantitative estimate of drug-likeness (QED) is 0.0499. The number of nitrogens with one attached hydrogen (secondary N) is 3. The molecule has 0 aliphatic rings. The van der Waals surface area contributed by atoms with Gasteiger partial charge in [-0.1, -0.05) is 91.0 Å². The molecule has 1 aromatic heterocycles. The molecule has 1 unspecified atom stereocenters. The van der Waals surface area contributed by atoms with E-state index in [9.17, 15) is 24.5 Å². The Bertz CT molecular complexity index is 2190. The number of para-hydroxylation sites is 1. The van der Waals surface area contributed by atoms with Crippen LogP contribution in [0.4, 0.5) is 16.5 Å². The van der Waals surface area contributed by atoms with E-state index < -0.39 is 22.0 Å². The number of aromatic nitrogens is 1. The maximum Gasteiger partial charge on any atom is 0.276 e. The van der Waals surface area contributed by atoms with E-state index in [1.54, 1.807) is 60.7 Å². The first-order chi connectivity index (χ1) is 24.8. The van der Waals surface area contributed by atoms with Gasteiger partial charge in [-0.25, -0.2) is 4.98 Å². The second kappa shape index (κ2) is 16.4. The summed E-state index contributed by atoms with van der Waals surface area (Å²) in [6, 6.07) is 40.3. The summed E-state index contributed by atoms with van der Waals surface area (Å²) >= 11 is 2.69. The molecule has 0 saturated carbocycles. The van der Waals surface area contributed by atoms with E-state index in [2.05, 4.69) is 20.9 Å². The molecule has 1 heterocycles. The van der Waals surface area contributed by atoms with Crippen LogP contribution in [0.25, 0.3) is 17.3 Å². The molecule has 0 spiro atoms. The van der Waals surface area contributed by atoms with Gasteiger partial charge in [-0.15, -0.1) is 23.1 Å². The van der Waals surface area contributed by atoms with Crippen molar-refractivity contribution >= 4 is 63.4 Å². The second-order valence-corrected chi connectivity index (χ2v) is 13.0. The highest BCUT2D eigenvalue weighted by molar-refractivity contribution is 8.00. The molecule has 3 N–H and O–H groups in total. The first kappa shape index (κ1) is 34.5. The SMILES string of the molecule is O=C(Nc1ccc(SC(C(=O)Nc2nc(-c3ccccc3)cs2)c2ccccc2)cc1)/C(=C/c1ccccc1[N+](=O)[O-])NC(=O)c1ccccc1. The van der Waals surface area contributed by atoms with Crippen molar-refractivity contribution in [1.29, 1.82) is 0 Å². The number of thiazole rings is 1. The molecule has 12 heteroatoms. The van der Waals surface area contributed by atoms with Crippen LogP contribution in [0.3, 0.4) is 0 Å². The number of nitro groups is 1. The number of hydrogen-bond donors (Lipinski definition) is 3. The van der Waals surface area contributed by atoms with Crippen LogP contribution in [0.5, 0.6) is 0 Å². The Kier molecular flexibility index (Phi) is 11.1.